The highest BCUT2D eigenvalue weighted by molar-refractivity contribution is 5.83. The third-order valence-corrected chi connectivity index (χ3v) is 3.58. The van der Waals surface area contributed by atoms with E-state index in [0.717, 1.165) is 33.8 Å². The van der Waals surface area contributed by atoms with E-state index in [1.165, 1.54) is 0 Å². The Labute approximate surface area is 142 Å². The predicted octanol–water partition coefficient (Wildman–Crippen LogP) is 3.15. The molecule has 0 unspecified atom stereocenters. The third-order valence-electron chi connectivity index (χ3n) is 3.58. The summed E-state index contributed by atoms with van der Waals surface area (Å²) in [4.78, 5) is 11.8. The molecule has 0 aliphatic rings. The molecule has 0 saturated heterocycles. The van der Waals surface area contributed by atoms with Crippen molar-refractivity contribution >= 4 is 12.1 Å². The number of hydrogen-bond donors (Lipinski definition) is 1. The minimum absolute atomic E-state index is 0.0787. The van der Waals surface area contributed by atoms with Crippen molar-refractivity contribution in [2.45, 2.75) is 20.8 Å². The van der Waals surface area contributed by atoms with Gasteiger partial charge in [0.25, 0.3) is 5.91 Å². The van der Waals surface area contributed by atoms with Gasteiger partial charge in [-0.15, -0.1) is 0 Å². The van der Waals surface area contributed by atoms with Crippen molar-refractivity contribution in [3.8, 4) is 11.5 Å². The highest BCUT2D eigenvalue weighted by atomic mass is 16.5. The smallest absolute Gasteiger partial charge is 0.277 e. The molecule has 0 aliphatic carbocycles. The van der Waals surface area contributed by atoms with Crippen molar-refractivity contribution in [3.05, 3.63) is 58.7 Å². The van der Waals surface area contributed by atoms with Crippen molar-refractivity contribution < 1.29 is 14.3 Å². The molecule has 5 heteroatoms. The Hall–Kier alpha value is -2.82. The van der Waals surface area contributed by atoms with Gasteiger partial charge in [0.1, 0.15) is 11.5 Å². The van der Waals surface area contributed by atoms with Gasteiger partial charge in [0.05, 0.1) is 13.3 Å². The van der Waals surface area contributed by atoms with Gasteiger partial charge in [-0.05, 0) is 61.2 Å². The third kappa shape index (κ3) is 4.59. The summed E-state index contributed by atoms with van der Waals surface area (Å²) >= 11 is 0. The topological polar surface area (TPSA) is 59.9 Å². The molecule has 5 nitrogen and oxygen atoms in total. The van der Waals surface area contributed by atoms with E-state index in [0.29, 0.717) is 0 Å². The molecule has 2 aromatic carbocycles. The van der Waals surface area contributed by atoms with Crippen LogP contribution in [0.15, 0.2) is 41.5 Å². The van der Waals surface area contributed by atoms with E-state index < -0.39 is 0 Å². The van der Waals surface area contributed by atoms with Crippen LogP contribution in [-0.4, -0.2) is 25.8 Å². The van der Waals surface area contributed by atoms with Crippen LogP contribution in [0.25, 0.3) is 0 Å². The number of ether oxygens (including phenoxy) is 2. The zero-order valence-corrected chi connectivity index (χ0v) is 14.4. The number of hydrazone groups is 1. The Bertz CT molecular complexity index is 734. The van der Waals surface area contributed by atoms with Gasteiger partial charge in [0.2, 0.25) is 0 Å². The molecule has 2 rings (SSSR count). The second kappa shape index (κ2) is 8.15. The number of benzene rings is 2. The Morgan fingerprint density at radius 2 is 1.83 bits per heavy atom. The molecule has 0 aliphatic heterocycles. The quantitative estimate of drug-likeness (QED) is 0.655. The first-order valence-corrected chi connectivity index (χ1v) is 7.67. The number of carbonyl (C=O) groups excluding carboxylic acids is 1. The number of rotatable bonds is 6. The van der Waals surface area contributed by atoms with Crippen LogP contribution in [0.2, 0.25) is 0 Å². The molecule has 0 heterocycles. The first kappa shape index (κ1) is 17.5. The van der Waals surface area contributed by atoms with E-state index in [1.807, 2.05) is 57.2 Å². The number of hydrogen-bond acceptors (Lipinski definition) is 4. The van der Waals surface area contributed by atoms with Gasteiger partial charge in [-0.1, -0.05) is 18.2 Å². The molecule has 1 N–H and O–H groups in total. The molecule has 0 atom stereocenters. The summed E-state index contributed by atoms with van der Waals surface area (Å²) in [7, 11) is 1.63. The molecule has 0 saturated carbocycles. The first-order chi connectivity index (χ1) is 11.5. The van der Waals surface area contributed by atoms with E-state index >= 15 is 0 Å². The molecule has 1 amide bonds. The highest BCUT2D eigenvalue weighted by Gasteiger charge is 2.06. The maximum Gasteiger partial charge on any atom is 0.277 e. The molecule has 24 heavy (non-hydrogen) atoms. The number of para-hydroxylation sites is 1. The Morgan fingerprint density at radius 1 is 1.12 bits per heavy atom. The average molecular weight is 326 g/mol. The zero-order valence-electron chi connectivity index (χ0n) is 14.4. The minimum Gasteiger partial charge on any atom is -0.496 e. The molecule has 0 fully saturated rings. The molecular formula is C19H22N2O3. The standard InChI is InChI=1S/C19H22N2O3/c1-13-6-5-7-14(2)19(13)24-12-18(22)21-20-11-16-8-9-17(23-4)15(3)10-16/h5-11H,12H2,1-4H3,(H,21,22). The van der Waals surface area contributed by atoms with E-state index in [1.54, 1.807) is 13.3 Å². The van der Waals surface area contributed by atoms with Crippen LogP contribution in [0, 0.1) is 20.8 Å². The summed E-state index contributed by atoms with van der Waals surface area (Å²) in [5, 5.41) is 3.95. The molecule has 0 spiro atoms. The second-order valence-electron chi connectivity index (χ2n) is 5.53. The predicted molar refractivity (Wildman–Crippen MR) is 94.9 cm³/mol. The van der Waals surface area contributed by atoms with Gasteiger partial charge in [-0.3, -0.25) is 4.79 Å². The highest BCUT2D eigenvalue weighted by Crippen LogP contribution is 2.22. The maximum atomic E-state index is 11.8. The Balaban J connectivity index is 1.88. The van der Waals surface area contributed by atoms with Crippen molar-refractivity contribution in [1.29, 1.82) is 0 Å². The fraction of sp³-hybridized carbons (Fsp3) is 0.263. The van der Waals surface area contributed by atoms with Gasteiger partial charge in [-0.25, -0.2) is 5.43 Å². The number of methoxy groups -OCH3 is 1. The van der Waals surface area contributed by atoms with Gasteiger partial charge < -0.3 is 9.47 Å². The summed E-state index contributed by atoms with van der Waals surface area (Å²) in [6, 6.07) is 11.5. The van der Waals surface area contributed by atoms with Crippen molar-refractivity contribution in [2.75, 3.05) is 13.7 Å². The normalized spacial score (nSPS) is 10.7. The lowest BCUT2D eigenvalue weighted by Crippen LogP contribution is -2.25. The average Bonchev–Trinajstić information content (AvgIpc) is 2.54. The summed E-state index contributed by atoms with van der Waals surface area (Å²) in [6.07, 6.45) is 1.59. The van der Waals surface area contributed by atoms with Gasteiger partial charge in [0.15, 0.2) is 6.61 Å². The maximum absolute atomic E-state index is 11.8. The van der Waals surface area contributed by atoms with E-state index in [-0.39, 0.29) is 12.5 Å². The van der Waals surface area contributed by atoms with Crippen LogP contribution >= 0.6 is 0 Å². The lowest BCUT2D eigenvalue weighted by atomic mass is 10.1. The Kier molecular flexibility index (Phi) is 5.95. The number of aryl methyl sites for hydroxylation is 3. The largest absolute Gasteiger partial charge is 0.496 e. The van der Waals surface area contributed by atoms with E-state index in [2.05, 4.69) is 10.5 Å². The van der Waals surface area contributed by atoms with Crippen molar-refractivity contribution in [1.82, 2.24) is 5.43 Å². The van der Waals surface area contributed by atoms with Crippen LogP contribution in [0.4, 0.5) is 0 Å². The second-order valence-corrected chi connectivity index (χ2v) is 5.53. The van der Waals surface area contributed by atoms with Gasteiger partial charge in [-0.2, -0.15) is 5.10 Å². The monoisotopic (exact) mass is 326 g/mol. The number of amides is 1. The fourth-order valence-corrected chi connectivity index (χ4v) is 2.36. The summed E-state index contributed by atoms with van der Waals surface area (Å²) in [5.74, 6) is 1.25. The number of carbonyl (C=O) groups is 1. The summed E-state index contributed by atoms with van der Waals surface area (Å²) in [5.41, 5.74) is 6.35. The van der Waals surface area contributed by atoms with Gasteiger partial charge in [0, 0.05) is 0 Å². The van der Waals surface area contributed by atoms with Crippen LogP contribution in [-0.2, 0) is 4.79 Å². The van der Waals surface area contributed by atoms with E-state index in [9.17, 15) is 4.79 Å². The fourth-order valence-electron chi connectivity index (χ4n) is 2.36. The lowest BCUT2D eigenvalue weighted by molar-refractivity contribution is -0.123. The summed E-state index contributed by atoms with van der Waals surface area (Å²) < 4.78 is 10.8. The van der Waals surface area contributed by atoms with Gasteiger partial charge >= 0.3 is 0 Å². The molecule has 0 radical (unpaired) electrons. The molecule has 0 bridgehead atoms. The molecule has 0 aromatic heterocycles. The number of nitrogens with one attached hydrogen (secondary N) is 1. The van der Waals surface area contributed by atoms with Crippen LogP contribution in [0.1, 0.15) is 22.3 Å². The van der Waals surface area contributed by atoms with Crippen molar-refractivity contribution in [3.63, 3.8) is 0 Å². The van der Waals surface area contributed by atoms with Crippen molar-refractivity contribution in [2.24, 2.45) is 5.10 Å². The Morgan fingerprint density at radius 3 is 2.46 bits per heavy atom. The first-order valence-electron chi connectivity index (χ1n) is 7.67. The SMILES string of the molecule is COc1ccc(C=NNC(=O)COc2c(C)cccc2C)cc1C. The summed E-state index contributed by atoms with van der Waals surface area (Å²) in [6.45, 7) is 5.77. The molecular weight excluding hydrogens is 304 g/mol. The number of nitrogens with zero attached hydrogens (tertiary/aromatic N) is 1. The molecule has 126 valence electrons. The van der Waals surface area contributed by atoms with Crippen LogP contribution in [0.3, 0.4) is 0 Å². The van der Waals surface area contributed by atoms with Crippen LogP contribution in [0.5, 0.6) is 11.5 Å². The zero-order chi connectivity index (χ0) is 17.5. The minimum atomic E-state index is -0.306. The lowest BCUT2D eigenvalue weighted by Gasteiger charge is -2.10. The van der Waals surface area contributed by atoms with E-state index in [4.69, 9.17) is 9.47 Å². The van der Waals surface area contributed by atoms with Crippen LogP contribution < -0.4 is 14.9 Å². The molecule has 2 aromatic rings.